The van der Waals surface area contributed by atoms with Crippen LogP contribution in [0.3, 0.4) is 0 Å². The Labute approximate surface area is 193 Å². The molecule has 0 spiro atoms. The van der Waals surface area contributed by atoms with Crippen LogP contribution in [0.25, 0.3) is 0 Å². The summed E-state index contributed by atoms with van der Waals surface area (Å²) in [7, 11) is 4.71. The lowest BCUT2D eigenvalue weighted by molar-refractivity contribution is -0.147. The molecule has 0 radical (unpaired) electrons. The van der Waals surface area contributed by atoms with E-state index < -0.39 is 36.2 Å². The van der Waals surface area contributed by atoms with Crippen molar-refractivity contribution in [3.8, 4) is 5.75 Å². The van der Waals surface area contributed by atoms with E-state index in [1.165, 1.54) is 7.11 Å². The van der Waals surface area contributed by atoms with Gasteiger partial charge in [0.15, 0.2) is 5.72 Å². The zero-order chi connectivity index (χ0) is 23.6. The molecular formula is C23H31ClN2O6. The second-order valence-corrected chi connectivity index (χ2v) is 8.82. The molecular weight excluding hydrogens is 436 g/mol. The minimum Gasteiger partial charge on any atom is -0.495 e. The van der Waals surface area contributed by atoms with E-state index in [1.807, 2.05) is 25.1 Å². The number of amides is 1. The standard InChI is InChI=1S/C23H31ClN2O6/c1-13-7-6-8-19(31-5)23(29)12-18(32-22(28)25-23)14(2)21(27)26(3)16-10-15(9-13)11-17(30-4)20(16)24/h6-8,10-11,14,18-19,21,27,29H,9,12H2,1-5H3,(H,25,28)/b8-6+,13-7+/t14-,18+,19-,21+,23+/m1/s1. The molecule has 0 aliphatic carbocycles. The number of carbonyl (C=O) groups is 1. The summed E-state index contributed by atoms with van der Waals surface area (Å²) in [4.78, 5) is 13.9. The number of carbonyl (C=O) groups excluding carboxylic acids is 1. The van der Waals surface area contributed by atoms with E-state index >= 15 is 0 Å². The van der Waals surface area contributed by atoms with Crippen LogP contribution in [0.4, 0.5) is 10.5 Å². The van der Waals surface area contributed by atoms with Crippen molar-refractivity contribution >= 4 is 23.4 Å². The number of aliphatic hydroxyl groups excluding tert-OH is 1. The van der Waals surface area contributed by atoms with Crippen LogP contribution in [0.15, 0.2) is 35.9 Å². The van der Waals surface area contributed by atoms with E-state index in [0.717, 1.165) is 11.1 Å². The number of alkyl carbamates (subject to hydrolysis) is 1. The van der Waals surface area contributed by atoms with Crippen molar-refractivity contribution in [2.45, 2.75) is 50.8 Å². The maximum Gasteiger partial charge on any atom is 0.409 e. The van der Waals surface area contributed by atoms with Gasteiger partial charge in [-0.3, -0.25) is 5.32 Å². The zero-order valence-electron chi connectivity index (χ0n) is 19.0. The third-order valence-electron chi connectivity index (χ3n) is 6.10. The minimum atomic E-state index is -1.70. The summed E-state index contributed by atoms with van der Waals surface area (Å²) in [5.41, 5.74) is 0.888. The number of hydrogen-bond donors (Lipinski definition) is 3. The highest BCUT2D eigenvalue weighted by Crippen LogP contribution is 2.39. The Morgan fingerprint density at radius 2 is 2.06 bits per heavy atom. The number of nitrogens with one attached hydrogen (secondary N) is 1. The van der Waals surface area contributed by atoms with Gasteiger partial charge in [0.1, 0.15) is 29.2 Å². The maximum absolute atomic E-state index is 12.3. The lowest BCUT2D eigenvalue weighted by Gasteiger charge is -2.43. The molecule has 176 valence electrons. The Kier molecular flexibility index (Phi) is 7.39. The Morgan fingerprint density at radius 1 is 1.34 bits per heavy atom. The predicted molar refractivity (Wildman–Crippen MR) is 122 cm³/mol. The van der Waals surface area contributed by atoms with Crippen LogP contribution >= 0.6 is 11.6 Å². The molecule has 1 aromatic rings. The molecule has 0 unspecified atom stereocenters. The summed E-state index contributed by atoms with van der Waals surface area (Å²) in [6.07, 6.45) is 2.60. The topological polar surface area (TPSA) is 100 Å². The summed E-state index contributed by atoms with van der Waals surface area (Å²) >= 11 is 6.57. The van der Waals surface area contributed by atoms with E-state index in [2.05, 4.69) is 5.32 Å². The minimum absolute atomic E-state index is 0.0213. The van der Waals surface area contributed by atoms with Crippen LogP contribution in [0.5, 0.6) is 5.75 Å². The van der Waals surface area contributed by atoms with Gasteiger partial charge in [-0.05, 0) is 31.0 Å². The summed E-state index contributed by atoms with van der Waals surface area (Å²) in [6, 6.07) is 3.78. The Hall–Kier alpha value is -2.26. The van der Waals surface area contributed by atoms with Gasteiger partial charge in [-0.15, -0.1) is 0 Å². The van der Waals surface area contributed by atoms with Crippen LogP contribution in [0.1, 0.15) is 25.8 Å². The smallest absolute Gasteiger partial charge is 0.409 e. The number of anilines is 1. The Morgan fingerprint density at radius 3 is 2.72 bits per heavy atom. The third kappa shape index (κ3) is 4.88. The number of methoxy groups -OCH3 is 2. The number of fused-ring (bicyclic) bond motifs is 4. The van der Waals surface area contributed by atoms with Crippen LogP contribution in [0, 0.1) is 5.92 Å². The lowest BCUT2D eigenvalue weighted by atomic mass is 9.89. The first-order chi connectivity index (χ1) is 15.1. The average Bonchev–Trinajstić information content (AvgIpc) is 2.74. The van der Waals surface area contributed by atoms with Gasteiger partial charge in [0.2, 0.25) is 0 Å². The molecule has 5 atom stereocenters. The number of rotatable bonds is 2. The molecule has 1 saturated heterocycles. The van der Waals surface area contributed by atoms with Gasteiger partial charge in [-0.1, -0.05) is 42.3 Å². The summed E-state index contributed by atoms with van der Waals surface area (Å²) in [5.74, 6) is -0.0598. The fourth-order valence-electron chi connectivity index (χ4n) is 4.19. The SMILES string of the molecule is COc1cc2cc(c1Cl)N(C)[C@@H](O)[C@H](C)[C@@H]1C[C@@](O)(NC(=O)O1)[C@H](OC)/C=C/C=C(\C)C2. The molecule has 2 heterocycles. The third-order valence-corrected chi connectivity index (χ3v) is 6.48. The van der Waals surface area contributed by atoms with E-state index in [1.54, 1.807) is 38.1 Å². The molecule has 32 heavy (non-hydrogen) atoms. The van der Waals surface area contributed by atoms with Gasteiger partial charge in [0, 0.05) is 26.5 Å². The summed E-state index contributed by atoms with van der Waals surface area (Å²) in [5, 5.41) is 25.2. The van der Waals surface area contributed by atoms with Crippen LogP contribution in [-0.2, 0) is 15.9 Å². The van der Waals surface area contributed by atoms with Crippen molar-refractivity contribution in [3.63, 3.8) is 0 Å². The molecule has 1 aromatic carbocycles. The fourth-order valence-corrected chi connectivity index (χ4v) is 4.51. The largest absolute Gasteiger partial charge is 0.495 e. The number of halogens is 1. The number of benzene rings is 1. The van der Waals surface area contributed by atoms with E-state index in [-0.39, 0.29) is 6.42 Å². The Balaban J connectivity index is 2.12. The normalized spacial score (nSPS) is 33.7. The van der Waals surface area contributed by atoms with Crippen molar-refractivity contribution in [3.05, 3.63) is 46.5 Å². The molecule has 0 aromatic heterocycles. The monoisotopic (exact) mass is 466 g/mol. The first-order valence-corrected chi connectivity index (χ1v) is 10.8. The van der Waals surface area contributed by atoms with Crippen molar-refractivity contribution < 1.29 is 29.2 Å². The van der Waals surface area contributed by atoms with E-state index in [9.17, 15) is 15.0 Å². The molecule has 8 nitrogen and oxygen atoms in total. The van der Waals surface area contributed by atoms with Crippen LogP contribution in [-0.4, -0.2) is 61.7 Å². The van der Waals surface area contributed by atoms with Crippen molar-refractivity contribution in [2.24, 2.45) is 5.92 Å². The molecule has 2 aliphatic heterocycles. The molecule has 0 saturated carbocycles. The van der Waals surface area contributed by atoms with Crippen LogP contribution in [0.2, 0.25) is 5.02 Å². The van der Waals surface area contributed by atoms with Gasteiger partial charge in [0.05, 0.1) is 12.8 Å². The first-order valence-electron chi connectivity index (χ1n) is 10.4. The summed E-state index contributed by atoms with van der Waals surface area (Å²) < 4.78 is 16.4. The molecule has 9 heteroatoms. The molecule has 1 fully saturated rings. The van der Waals surface area contributed by atoms with Gasteiger partial charge >= 0.3 is 6.09 Å². The van der Waals surface area contributed by atoms with Crippen molar-refractivity contribution in [1.29, 1.82) is 0 Å². The fraction of sp³-hybridized carbons (Fsp3) is 0.522. The quantitative estimate of drug-likeness (QED) is 0.616. The second-order valence-electron chi connectivity index (χ2n) is 8.44. The number of ether oxygens (including phenoxy) is 3. The van der Waals surface area contributed by atoms with Gasteiger partial charge in [-0.25, -0.2) is 4.79 Å². The highest BCUT2D eigenvalue weighted by Gasteiger charge is 2.47. The van der Waals surface area contributed by atoms with Crippen LogP contribution < -0.4 is 15.0 Å². The average molecular weight is 467 g/mol. The lowest BCUT2D eigenvalue weighted by Crippen LogP contribution is -2.64. The molecule has 2 aliphatic rings. The van der Waals surface area contributed by atoms with E-state index in [0.29, 0.717) is 22.9 Å². The number of nitrogens with zero attached hydrogens (tertiary/aromatic N) is 1. The van der Waals surface area contributed by atoms with E-state index in [4.69, 9.17) is 25.8 Å². The zero-order valence-corrected chi connectivity index (χ0v) is 19.7. The molecule has 4 bridgehead atoms. The Bertz CT molecular complexity index is 920. The predicted octanol–water partition coefficient (Wildman–Crippen LogP) is 3.00. The van der Waals surface area contributed by atoms with Crippen molar-refractivity contribution in [1.82, 2.24) is 5.32 Å². The molecule has 3 N–H and O–H groups in total. The highest BCUT2D eigenvalue weighted by molar-refractivity contribution is 6.34. The molecule has 1 amide bonds. The number of aliphatic hydroxyl groups is 2. The number of hydrogen-bond acceptors (Lipinski definition) is 7. The maximum atomic E-state index is 12.3. The highest BCUT2D eigenvalue weighted by atomic mass is 35.5. The van der Waals surface area contributed by atoms with Crippen molar-refractivity contribution in [2.75, 3.05) is 26.2 Å². The van der Waals surface area contributed by atoms with Gasteiger partial charge in [0.25, 0.3) is 0 Å². The molecule has 3 rings (SSSR count). The van der Waals surface area contributed by atoms with Gasteiger partial charge < -0.3 is 29.3 Å². The second kappa shape index (κ2) is 9.70. The summed E-state index contributed by atoms with van der Waals surface area (Å²) in [6.45, 7) is 3.73. The van der Waals surface area contributed by atoms with Gasteiger partial charge in [-0.2, -0.15) is 0 Å². The first kappa shape index (κ1) is 24.4. The number of allylic oxidation sites excluding steroid dienone is 3.